The van der Waals surface area contributed by atoms with Crippen molar-refractivity contribution in [2.75, 3.05) is 93.4 Å². The SMILES string of the molecule is CCc1cc(Nc2ncc(Cl)c(Nc3ccc(OC)cc3N(C)S(C)(=O)=O)n2)c(OC)cc1N1CCN(C(=O)CCOCCOc2cccc3c2CN(C2CCC(=O)NC2=O)C3=O)CC1. The number of rotatable bonds is 18. The average Bonchev–Trinajstić information content (AvgIpc) is 3.63. The highest BCUT2D eigenvalue weighted by molar-refractivity contribution is 7.92. The molecule has 0 aliphatic carbocycles. The summed E-state index contributed by atoms with van der Waals surface area (Å²) >= 11 is 6.52. The molecule has 3 aliphatic rings. The van der Waals surface area contributed by atoms with E-state index in [0.29, 0.717) is 78.0 Å². The third kappa shape index (κ3) is 10.6. The highest BCUT2D eigenvalue weighted by atomic mass is 35.5. The van der Waals surface area contributed by atoms with E-state index in [0.717, 1.165) is 21.8 Å². The van der Waals surface area contributed by atoms with E-state index in [4.69, 9.17) is 30.5 Å². The Kier molecular flexibility index (Phi) is 14.5. The number of amides is 4. The van der Waals surface area contributed by atoms with Crippen LogP contribution in [-0.4, -0.2) is 131 Å². The fraction of sp³-hybridized carbons (Fsp3) is 0.409. The van der Waals surface area contributed by atoms with Crippen molar-refractivity contribution in [1.29, 1.82) is 0 Å². The molecule has 19 nitrogen and oxygen atoms in total. The van der Waals surface area contributed by atoms with Crippen LogP contribution in [0.15, 0.2) is 54.7 Å². The lowest BCUT2D eigenvalue weighted by Crippen LogP contribution is -2.52. The van der Waals surface area contributed by atoms with E-state index in [9.17, 15) is 27.6 Å². The predicted octanol–water partition coefficient (Wildman–Crippen LogP) is 4.49. The molecule has 7 rings (SSSR count). The van der Waals surface area contributed by atoms with Crippen LogP contribution in [0.3, 0.4) is 0 Å². The second kappa shape index (κ2) is 20.2. The Morgan fingerprint density at radius 3 is 2.46 bits per heavy atom. The number of anilines is 6. The molecule has 65 heavy (non-hydrogen) atoms. The van der Waals surface area contributed by atoms with E-state index in [1.165, 1.54) is 25.3 Å². The number of hydrogen-bond acceptors (Lipinski definition) is 15. The maximum Gasteiger partial charge on any atom is 0.255 e. The number of carbonyl (C=O) groups excluding carboxylic acids is 4. The van der Waals surface area contributed by atoms with Crippen molar-refractivity contribution in [3.05, 3.63) is 76.4 Å². The van der Waals surface area contributed by atoms with Gasteiger partial charge in [0.25, 0.3) is 5.91 Å². The van der Waals surface area contributed by atoms with Gasteiger partial charge in [0.2, 0.25) is 33.7 Å². The first-order chi connectivity index (χ1) is 31.2. The Bertz CT molecular complexity index is 2570. The number of aryl methyl sites for hydroxylation is 1. The number of nitrogens with one attached hydrogen (secondary N) is 3. The van der Waals surface area contributed by atoms with Crippen molar-refractivity contribution in [1.82, 2.24) is 25.1 Å². The second-order valence-corrected chi connectivity index (χ2v) is 18.0. The maximum atomic E-state index is 13.2. The smallest absolute Gasteiger partial charge is 0.255 e. The summed E-state index contributed by atoms with van der Waals surface area (Å²) in [5.74, 6) is 0.925. The predicted molar refractivity (Wildman–Crippen MR) is 244 cm³/mol. The van der Waals surface area contributed by atoms with Crippen LogP contribution in [0.5, 0.6) is 17.2 Å². The van der Waals surface area contributed by atoms with Crippen molar-refractivity contribution in [2.24, 2.45) is 0 Å². The van der Waals surface area contributed by atoms with Crippen LogP contribution in [0, 0.1) is 0 Å². The van der Waals surface area contributed by atoms with Gasteiger partial charge in [0.15, 0.2) is 5.82 Å². The van der Waals surface area contributed by atoms with Gasteiger partial charge >= 0.3 is 0 Å². The zero-order valence-corrected chi connectivity index (χ0v) is 38.4. The fourth-order valence-corrected chi connectivity index (χ4v) is 8.57. The van der Waals surface area contributed by atoms with E-state index in [1.807, 2.05) is 17.0 Å². The summed E-state index contributed by atoms with van der Waals surface area (Å²) in [6, 6.07) is 13.4. The van der Waals surface area contributed by atoms with Crippen LogP contribution >= 0.6 is 11.6 Å². The molecule has 1 unspecified atom stereocenters. The van der Waals surface area contributed by atoms with Crippen LogP contribution < -0.4 is 39.4 Å². The summed E-state index contributed by atoms with van der Waals surface area (Å²) in [5.41, 5.74) is 4.57. The summed E-state index contributed by atoms with van der Waals surface area (Å²) in [7, 11) is 0.902. The lowest BCUT2D eigenvalue weighted by Gasteiger charge is -2.37. The number of fused-ring (bicyclic) bond motifs is 1. The normalized spacial score (nSPS) is 16.2. The third-order valence-electron chi connectivity index (χ3n) is 11.5. The number of benzene rings is 3. The Morgan fingerprint density at radius 2 is 1.75 bits per heavy atom. The van der Waals surface area contributed by atoms with Crippen molar-refractivity contribution in [2.45, 2.75) is 45.2 Å². The van der Waals surface area contributed by atoms with E-state index < -0.39 is 22.0 Å². The molecule has 0 bridgehead atoms. The number of methoxy groups -OCH3 is 2. The lowest BCUT2D eigenvalue weighted by atomic mass is 10.0. The minimum absolute atomic E-state index is 0.00574. The lowest BCUT2D eigenvalue weighted by molar-refractivity contribution is -0.137. The van der Waals surface area contributed by atoms with Gasteiger partial charge < -0.3 is 44.3 Å². The van der Waals surface area contributed by atoms with E-state index in [2.05, 4.69) is 37.7 Å². The Hall–Kier alpha value is -6.38. The largest absolute Gasteiger partial charge is 0.497 e. The Labute approximate surface area is 382 Å². The summed E-state index contributed by atoms with van der Waals surface area (Å²) in [6.07, 6.45) is 3.93. The number of ether oxygens (including phenoxy) is 4. The number of imide groups is 1. The first kappa shape index (κ1) is 46.6. The molecule has 1 aromatic heterocycles. The van der Waals surface area contributed by atoms with E-state index >= 15 is 0 Å². The average molecular weight is 934 g/mol. The van der Waals surface area contributed by atoms with Crippen LogP contribution in [0.25, 0.3) is 0 Å². The van der Waals surface area contributed by atoms with Gasteiger partial charge in [-0.3, -0.25) is 28.8 Å². The highest BCUT2D eigenvalue weighted by Gasteiger charge is 2.40. The monoisotopic (exact) mass is 933 g/mol. The number of halogens is 1. The molecular formula is C44H52ClN9O10S. The molecular weight excluding hydrogens is 882 g/mol. The molecule has 2 fully saturated rings. The van der Waals surface area contributed by atoms with Crippen LogP contribution in [0.2, 0.25) is 5.02 Å². The minimum Gasteiger partial charge on any atom is -0.497 e. The highest BCUT2D eigenvalue weighted by Crippen LogP contribution is 2.38. The van der Waals surface area contributed by atoms with Gasteiger partial charge in [-0.1, -0.05) is 24.6 Å². The Balaban J connectivity index is 0.900. The molecule has 4 aromatic rings. The first-order valence-corrected chi connectivity index (χ1v) is 23.3. The second-order valence-electron chi connectivity index (χ2n) is 15.5. The zero-order chi connectivity index (χ0) is 46.4. The van der Waals surface area contributed by atoms with Gasteiger partial charge in [0.05, 0.1) is 69.9 Å². The van der Waals surface area contributed by atoms with Gasteiger partial charge in [-0.25, -0.2) is 13.4 Å². The molecule has 2 saturated heterocycles. The van der Waals surface area contributed by atoms with Gasteiger partial charge in [-0.05, 0) is 48.7 Å². The van der Waals surface area contributed by atoms with Crippen LogP contribution in [0.4, 0.5) is 34.5 Å². The van der Waals surface area contributed by atoms with Gasteiger partial charge in [0.1, 0.15) is 34.9 Å². The Morgan fingerprint density at radius 1 is 0.969 bits per heavy atom. The zero-order valence-electron chi connectivity index (χ0n) is 36.8. The van der Waals surface area contributed by atoms with Crippen molar-refractivity contribution >= 4 is 79.8 Å². The molecule has 21 heteroatoms. The number of piperazine rings is 1. The van der Waals surface area contributed by atoms with Gasteiger partial charge in [-0.2, -0.15) is 4.98 Å². The van der Waals surface area contributed by atoms with Crippen molar-refractivity contribution in [3.8, 4) is 17.2 Å². The summed E-state index contributed by atoms with van der Waals surface area (Å²) in [4.78, 5) is 64.9. The standard InChI is InChI=1S/C44H52ClN9O10S/c1-6-27-22-33(48-44-46-25-31(45)41(50-44)47-32-11-10-28(61-3)23-36(32)51(2)65(5,59)60)38(62-4)24-35(27)52-15-17-53(18-16-52)40(56)14-19-63-20-21-64-37-9-7-8-29-30(37)26-54(43(29)58)34-12-13-39(55)49-42(34)57/h7-11,22-25,34H,6,12-21,26H2,1-5H3,(H,49,55,57)(H2,46,47,48,50). The first-order valence-electron chi connectivity index (χ1n) is 21.1. The molecule has 4 heterocycles. The number of sulfonamides is 1. The van der Waals surface area contributed by atoms with Gasteiger partial charge in [-0.15, -0.1) is 0 Å². The van der Waals surface area contributed by atoms with Crippen LogP contribution in [-0.2, 0) is 42.1 Å². The molecule has 0 radical (unpaired) electrons. The maximum absolute atomic E-state index is 13.2. The number of carbonyl (C=O) groups is 4. The summed E-state index contributed by atoms with van der Waals surface area (Å²) in [5, 5.41) is 8.92. The molecule has 0 spiro atoms. The number of aromatic nitrogens is 2. The summed E-state index contributed by atoms with van der Waals surface area (Å²) < 4.78 is 48.9. The van der Waals surface area contributed by atoms with Gasteiger partial charge in [0, 0.05) is 68.6 Å². The molecule has 4 amide bonds. The topological polar surface area (TPSA) is 214 Å². The summed E-state index contributed by atoms with van der Waals surface area (Å²) in [6.45, 7) is 5.23. The molecule has 1 atom stereocenters. The number of piperidine rings is 1. The number of hydrogen-bond donors (Lipinski definition) is 3. The third-order valence-corrected chi connectivity index (χ3v) is 13.0. The van der Waals surface area contributed by atoms with Crippen molar-refractivity contribution < 1.29 is 46.5 Å². The van der Waals surface area contributed by atoms with Crippen molar-refractivity contribution in [3.63, 3.8) is 0 Å². The fourth-order valence-electron chi connectivity index (χ4n) is 7.92. The molecule has 0 saturated carbocycles. The minimum atomic E-state index is -3.61. The molecule has 3 N–H and O–H groups in total. The molecule has 346 valence electrons. The molecule has 3 aliphatic heterocycles. The van der Waals surface area contributed by atoms with E-state index in [1.54, 1.807) is 43.5 Å². The number of nitrogens with zero attached hydrogens (tertiary/aromatic N) is 6. The quantitative estimate of drug-likeness (QED) is 0.0927. The molecule has 3 aromatic carbocycles. The van der Waals surface area contributed by atoms with E-state index in [-0.39, 0.29) is 80.1 Å². The van der Waals surface area contributed by atoms with Crippen LogP contribution in [0.1, 0.15) is 47.7 Å².